The van der Waals surface area contributed by atoms with Crippen LogP contribution in [0.4, 0.5) is 4.79 Å². The van der Waals surface area contributed by atoms with Gasteiger partial charge in [-0.25, -0.2) is 4.79 Å². The summed E-state index contributed by atoms with van der Waals surface area (Å²) >= 11 is 1.78. The van der Waals surface area contributed by atoms with Gasteiger partial charge in [0.15, 0.2) is 0 Å². The third-order valence-corrected chi connectivity index (χ3v) is 7.74. The number of amides is 3. The van der Waals surface area contributed by atoms with E-state index in [0.717, 1.165) is 36.7 Å². The van der Waals surface area contributed by atoms with Crippen LogP contribution in [0.25, 0.3) is 0 Å². The van der Waals surface area contributed by atoms with E-state index >= 15 is 0 Å². The molecule has 9 heteroatoms. The summed E-state index contributed by atoms with van der Waals surface area (Å²) in [6, 6.07) is 7.61. The fourth-order valence-electron chi connectivity index (χ4n) is 4.70. The summed E-state index contributed by atoms with van der Waals surface area (Å²) in [5.74, 6) is 1.25. The second-order valence-corrected chi connectivity index (χ2v) is 9.75. The molecule has 3 fully saturated rings. The third kappa shape index (κ3) is 4.69. The topological polar surface area (TPSA) is 77.2 Å². The van der Waals surface area contributed by atoms with E-state index in [1.54, 1.807) is 37.9 Å². The van der Waals surface area contributed by atoms with Gasteiger partial charge in [0, 0.05) is 26.4 Å². The number of rotatable bonds is 6. The minimum absolute atomic E-state index is 0.0993. The van der Waals surface area contributed by atoms with E-state index in [2.05, 4.69) is 15.5 Å². The number of fused-ring (bicyclic) bond motifs is 1. The van der Waals surface area contributed by atoms with Crippen molar-refractivity contribution in [1.29, 1.82) is 0 Å². The van der Waals surface area contributed by atoms with E-state index in [1.165, 1.54) is 24.2 Å². The second-order valence-electron chi connectivity index (χ2n) is 8.50. The lowest BCUT2D eigenvalue weighted by atomic mass is 9.96. The normalized spacial score (nSPS) is 29.8. The standard InChI is InChI=1S/C22H33N5O3S/c1-25-19-17(21(28)26(2)22(25)29)20(31-13-12-27-10-5-4-6-11-27)24-18(23-19)15-8-7-9-16(14-15)30-3/h7-9,14,17-20,23-24H,4-6,10-13H2,1-3H3. The molecule has 0 bridgehead atoms. The molecular weight excluding hydrogens is 414 g/mol. The molecule has 4 unspecified atom stereocenters. The number of piperidine rings is 1. The fraction of sp³-hybridized carbons (Fsp3) is 0.636. The smallest absolute Gasteiger partial charge is 0.327 e. The van der Waals surface area contributed by atoms with Crippen LogP contribution in [0.5, 0.6) is 5.75 Å². The maximum atomic E-state index is 13.1. The molecule has 3 amide bonds. The summed E-state index contributed by atoms with van der Waals surface area (Å²) in [6.07, 6.45) is 3.33. The highest BCUT2D eigenvalue weighted by atomic mass is 32.2. The number of methoxy groups -OCH3 is 1. The Balaban J connectivity index is 1.53. The van der Waals surface area contributed by atoms with Gasteiger partial charge in [-0.3, -0.25) is 20.3 Å². The van der Waals surface area contributed by atoms with Crippen molar-refractivity contribution in [2.75, 3.05) is 46.6 Å². The zero-order valence-electron chi connectivity index (χ0n) is 18.5. The number of imide groups is 1. The highest BCUT2D eigenvalue weighted by Gasteiger charge is 2.51. The molecule has 1 aromatic rings. The number of urea groups is 1. The molecule has 170 valence electrons. The average molecular weight is 448 g/mol. The molecule has 4 atom stereocenters. The minimum atomic E-state index is -0.360. The first-order valence-corrected chi connectivity index (χ1v) is 12.1. The van der Waals surface area contributed by atoms with Gasteiger partial charge in [-0.1, -0.05) is 18.6 Å². The highest BCUT2D eigenvalue weighted by molar-refractivity contribution is 7.99. The van der Waals surface area contributed by atoms with Crippen molar-refractivity contribution in [3.63, 3.8) is 0 Å². The van der Waals surface area contributed by atoms with Crippen molar-refractivity contribution in [2.24, 2.45) is 5.92 Å². The van der Waals surface area contributed by atoms with Crippen molar-refractivity contribution in [2.45, 2.75) is 37.0 Å². The van der Waals surface area contributed by atoms with Crippen molar-refractivity contribution in [3.8, 4) is 5.75 Å². The number of carbonyl (C=O) groups is 2. The molecule has 0 spiro atoms. The van der Waals surface area contributed by atoms with Crippen LogP contribution in [0.3, 0.4) is 0 Å². The molecular formula is C22H33N5O3S. The summed E-state index contributed by atoms with van der Waals surface area (Å²) < 4.78 is 5.39. The van der Waals surface area contributed by atoms with Crippen LogP contribution in [0, 0.1) is 5.92 Å². The molecule has 3 aliphatic rings. The number of hydrogen-bond donors (Lipinski definition) is 2. The number of hydrogen-bond acceptors (Lipinski definition) is 7. The summed E-state index contributed by atoms with van der Waals surface area (Å²) in [4.78, 5) is 31.1. The lowest BCUT2D eigenvalue weighted by molar-refractivity contribution is -0.140. The second kappa shape index (κ2) is 9.77. The number of thioether (sulfide) groups is 1. The van der Waals surface area contributed by atoms with E-state index in [0.29, 0.717) is 0 Å². The Morgan fingerprint density at radius 1 is 1.13 bits per heavy atom. The molecule has 1 aromatic carbocycles. The summed E-state index contributed by atoms with van der Waals surface area (Å²) in [7, 11) is 4.98. The number of benzene rings is 1. The SMILES string of the molecule is COc1cccc(C2NC(SCCN3CCCCC3)C3C(=O)N(C)C(=O)N(C)C3N2)c1. The van der Waals surface area contributed by atoms with Gasteiger partial charge in [-0.05, 0) is 43.6 Å². The molecule has 3 aliphatic heterocycles. The van der Waals surface area contributed by atoms with Crippen LogP contribution in [-0.4, -0.2) is 84.8 Å². The van der Waals surface area contributed by atoms with Crippen LogP contribution in [0.1, 0.15) is 31.0 Å². The fourth-order valence-corrected chi connectivity index (χ4v) is 6.03. The van der Waals surface area contributed by atoms with Gasteiger partial charge >= 0.3 is 6.03 Å². The Morgan fingerprint density at radius 3 is 2.65 bits per heavy atom. The van der Waals surface area contributed by atoms with Crippen molar-refractivity contribution < 1.29 is 14.3 Å². The van der Waals surface area contributed by atoms with Crippen LogP contribution in [0.15, 0.2) is 24.3 Å². The molecule has 3 heterocycles. The molecule has 2 N–H and O–H groups in total. The van der Waals surface area contributed by atoms with E-state index in [-0.39, 0.29) is 35.6 Å². The van der Waals surface area contributed by atoms with Gasteiger partial charge in [0.05, 0.1) is 30.7 Å². The van der Waals surface area contributed by atoms with E-state index in [9.17, 15) is 9.59 Å². The number of nitrogens with one attached hydrogen (secondary N) is 2. The first-order valence-electron chi connectivity index (χ1n) is 11.0. The van der Waals surface area contributed by atoms with Crippen LogP contribution >= 0.6 is 11.8 Å². The van der Waals surface area contributed by atoms with Crippen LogP contribution in [0.2, 0.25) is 0 Å². The van der Waals surface area contributed by atoms with Gasteiger partial charge in [0.1, 0.15) is 5.75 Å². The number of nitrogens with zero attached hydrogens (tertiary/aromatic N) is 3. The molecule has 0 aliphatic carbocycles. The molecule has 0 aromatic heterocycles. The monoisotopic (exact) mass is 447 g/mol. The van der Waals surface area contributed by atoms with Crippen LogP contribution in [-0.2, 0) is 4.79 Å². The maximum absolute atomic E-state index is 13.1. The van der Waals surface area contributed by atoms with Gasteiger partial charge < -0.3 is 14.5 Å². The summed E-state index contributed by atoms with van der Waals surface area (Å²) in [5, 5.41) is 7.03. The average Bonchev–Trinajstić information content (AvgIpc) is 2.81. The molecule has 0 saturated carbocycles. The van der Waals surface area contributed by atoms with Gasteiger partial charge in [-0.15, -0.1) is 11.8 Å². The molecule has 0 radical (unpaired) electrons. The van der Waals surface area contributed by atoms with Gasteiger partial charge in [0.25, 0.3) is 0 Å². The maximum Gasteiger partial charge on any atom is 0.327 e. The van der Waals surface area contributed by atoms with Gasteiger partial charge in [0.2, 0.25) is 5.91 Å². The molecule has 8 nitrogen and oxygen atoms in total. The number of ether oxygens (including phenoxy) is 1. The van der Waals surface area contributed by atoms with Crippen molar-refractivity contribution in [1.82, 2.24) is 25.3 Å². The highest BCUT2D eigenvalue weighted by Crippen LogP contribution is 2.35. The zero-order valence-corrected chi connectivity index (χ0v) is 19.4. The lowest BCUT2D eigenvalue weighted by Gasteiger charge is -2.50. The first kappa shape index (κ1) is 22.4. The Morgan fingerprint density at radius 2 is 1.90 bits per heavy atom. The molecule has 3 saturated heterocycles. The van der Waals surface area contributed by atoms with Crippen molar-refractivity contribution in [3.05, 3.63) is 29.8 Å². The third-order valence-electron chi connectivity index (χ3n) is 6.54. The van der Waals surface area contributed by atoms with E-state index < -0.39 is 0 Å². The lowest BCUT2D eigenvalue weighted by Crippen LogP contribution is -2.72. The van der Waals surface area contributed by atoms with Crippen molar-refractivity contribution >= 4 is 23.7 Å². The Bertz CT molecular complexity index is 803. The van der Waals surface area contributed by atoms with Crippen LogP contribution < -0.4 is 15.4 Å². The Kier molecular flexibility index (Phi) is 7.05. The zero-order chi connectivity index (χ0) is 22.0. The largest absolute Gasteiger partial charge is 0.497 e. The number of carbonyl (C=O) groups excluding carboxylic acids is 2. The molecule has 4 rings (SSSR count). The number of likely N-dealkylation sites (tertiary alicyclic amines) is 1. The Hall–Kier alpha value is -1.81. The summed E-state index contributed by atoms with van der Waals surface area (Å²) in [6.45, 7) is 3.35. The predicted molar refractivity (Wildman–Crippen MR) is 122 cm³/mol. The quantitative estimate of drug-likeness (QED) is 0.690. The van der Waals surface area contributed by atoms with E-state index in [1.807, 2.05) is 24.3 Å². The minimum Gasteiger partial charge on any atom is -0.497 e. The first-order chi connectivity index (χ1) is 15.0. The predicted octanol–water partition coefficient (Wildman–Crippen LogP) is 1.90. The molecule has 31 heavy (non-hydrogen) atoms. The van der Waals surface area contributed by atoms with E-state index in [4.69, 9.17) is 4.74 Å². The Labute approximate surface area is 188 Å². The van der Waals surface area contributed by atoms with Gasteiger partial charge in [-0.2, -0.15) is 0 Å². The summed E-state index contributed by atoms with van der Waals surface area (Å²) in [5.41, 5.74) is 1.02.